The van der Waals surface area contributed by atoms with Crippen LogP contribution in [0.3, 0.4) is 0 Å². The van der Waals surface area contributed by atoms with Gasteiger partial charge in [-0.3, -0.25) is 0 Å². The van der Waals surface area contributed by atoms with Crippen molar-refractivity contribution in [1.29, 1.82) is 0 Å². The molecule has 0 bridgehead atoms. The number of nitrogens with zero attached hydrogens (tertiary/aromatic N) is 1. The SMILES string of the molecule is CCC1(CC)c2cc(-c3ccc4ccccc4c3)ccc2-c2ccc(N(c3ccccc3)c3ccc(-c4ccc(-c5ccccc5)cc4)cc3)cc21. The molecule has 0 radical (unpaired) electrons. The van der Waals surface area contributed by atoms with Gasteiger partial charge >= 0.3 is 0 Å². The highest BCUT2D eigenvalue weighted by atomic mass is 15.1. The van der Waals surface area contributed by atoms with Crippen LogP contribution in [0.25, 0.3) is 55.3 Å². The van der Waals surface area contributed by atoms with Gasteiger partial charge in [-0.2, -0.15) is 0 Å². The molecule has 0 saturated carbocycles. The van der Waals surface area contributed by atoms with Gasteiger partial charge in [0.1, 0.15) is 0 Å². The van der Waals surface area contributed by atoms with Gasteiger partial charge in [-0.1, -0.05) is 153 Å². The Morgan fingerprint density at radius 3 is 1.44 bits per heavy atom. The van der Waals surface area contributed by atoms with Gasteiger partial charge in [0.15, 0.2) is 0 Å². The van der Waals surface area contributed by atoms with E-state index < -0.39 is 0 Å². The molecule has 9 rings (SSSR count). The lowest BCUT2D eigenvalue weighted by Crippen LogP contribution is -2.23. The third-order valence-electron chi connectivity index (χ3n) is 11.4. The van der Waals surface area contributed by atoms with Crippen LogP contribution in [0.1, 0.15) is 37.8 Å². The summed E-state index contributed by atoms with van der Waals surface area (Å²) in [5, 5.41) is 2.56. The van der Waals surface area contributed by atoms with E-state index in [1.54, 1.807) is 0 Å². The first-order valence-corrected chi connectivity index (χ1v) is 18.5. The molecule has 0 spiro atoms. The van der Waals surface area contributed by atoms with Crippen LogP contribution in [0.5, 0.6) is 0 Å². The van der Waals surface area contributed by atoms with E-state index in [9.17, 15) is 0 Å². The Morgan fingerprint density at radius 1 is 0.346 bits per heavy atom. The van der Waals surface area contributed by atoms with Gasteiger partial charge in [-0.05, 0) is 128 Å². The molecule has 1 heteroatoms. The molecule has 0 amide bonds. The molecule has 0 atom stereocenters. The molecule has 0 aliphatic heterocycles. The zero-order valence-corrected chi connectivity index (χ0v) is 29.8. The average molecular weight is 668 g/mol. The molecular weight excluding hydrogens is 627 g/mol. The highest BCUT2D eigenvalue weighted by Gasteiger charge is 2.41. The summed E-state index contributed by atoms with van der Waals surface area (Å²) in [6.07, 6.45) is 2.08. The quantitative estimate of drug-likeness (QED) is 0.156. The molecule has 0 N–H and O–H groups in total. The fraction of sp³-hybridized carbons (Fsp3) is 0.0980. The molecule has 1 nitrogen and oxygen atoms in total. The average Bonchev–Trinajstić information content (AvgIpc) is 3.50. The Balaban J connectivity index is 1.09. The lowest BCUT2D eigenvalue weighted by atomic mass is 9.73. The molecular formula is C51H41N. The number of rotatable bonds is 8. The maximum Gasteiger partial charge on any atom is 0.0465 e. The molecule has 0 saturated heterocycles. The zero-order valence-electron chi connectivity index (χ0n) is 29.8. The van der Waals surface area contributed by atoms with Crippen molar-refractivity contribution in [3.05, 3.63) is 199 Å². The third kappa shape index (κ3) is 5.41. The van der Waals surface area contributed by atoms with Gasteiger partial charge < -0.3 is 4.90 Å². The predicted molar refractivity (Wildman–Crippen MR) is 222 cm³/mol. The second kappa shape index (κ2) is 13.2. The van der Waals surface area contributed by atoms with Gasteiger partial charge in [-0.15, -0.1) is 0 Å². The van der Waals surface area contributed by atoms with E-state index in [0.717, 1.165) is 24.2 Å². The van der Waals surface area contributed by atoms with Crippen molar-refractivity contribution < 1.29 is 0 Å². The van der Waals surface area contributed by atoms with Crippen LogP contribution >= 0.6 is 0 Å². The molecule has 52 heavy (non-hydrogen) atoms. The molecule has 0 fully saturated rings. The van der Waals surface area contributed by atoms with Gasteiger partial charge in [0.25, 0.3) is 0 Å². The van der Waals surface area contributed by atoms with E-state index in [-0.39, 0.29) is 5.41 Å². The van der Waals surface area contributed by atoms with Crippen molar-refractivity contribution in [2.75, 3.05) is 4.90 Å². The second-order valence-corrected chi connectivity index (χ2v) is 14.0. The summed E-state index contributed by atoms with van der Waals surface area (Å²) < 4.78 is 0. The second-order valence-electron chi connectivity index (χ2n) is 14.0. The van der Waals surface area contributed by atoms with Crippen molar-refractivity contribution in [3.8, 4) is 44.5 Å². The van der Waals surface area contributed by atoms with Crippen LogP contribution in [0, 0.1) is 0 Å². The Hall–Kier alpha value is -6.18. The van der Waals surface area contributed by atoms with Crippen molar-refractivity contribution in [2.24, 2.45) is 0 Å². The molecule has 0 unspecified atom stereocenters. The minimum Gasteiger partial charge on any atom is -0.310 e. The highest BCUT2D eigenvalue weighted by Crippen LogP contribution is 2.55. The molecule has 1 aliphatic rings. The molecule has 1 aliphatic carbocycles. The van der Waals surface area contributed by atoms with E-state index in [2.05, 4.69) is 207 Å². The van der Waals surface area contributed by atoms with Crippen LogP contribution in [0.15, 0.2) is 188 Å². The largest absolute Gasteiger partial charge is 0.310 e. The van der Waals surface area contributed by atoms with Gasteiger partial charge in [0, 0.05) is 22.5 Å². The van der Waals surface area contributed by atoms with Crippen molar-refractivity contribution >= 4 is 27.8 Å². The van der Waals surface area contributed by atoms with E-state index in [0.29, 0.717) is 0 Å². The number of benzene rings is 8. The first kappa shape index (κ1) is 31.8. The molecule has 0 heterocycles. The molecule has 250 valence electrons. The number of hydrogen-bond donors (Lipinski definition) is 0. The fourth-order valence-electron chi connectivity index (χ4n) is 8.50. The normalized spacial score (nSPS) is 12.7. The van der Waals surface area contributed by atoms with Crippen LogP contribution in [-0.4, -0.2) is 0 Å². The maximum absolute atomic E-state index is 2.48. The molecule has 0 aromatic heterocycles. The predicted octanol–water partition coefficient (Wildman–Crippen LogP) is 14.4. The standard InChI is InChI=1S/C51H41N/c1-3-51(4-2)49-34-43(42-24-23-37-15-11-12-16-41(37)33-42)27-31-47(49)48-32-30-46(35-50(48)51)52(44-17-9-6-10-18-44)45-28-25-40(26-29-45)39-21-19-38(20-22-39)36-13-7-5-8-14-36/h5-35H,3-4H2,1-2H3. The minimum atomic E-state index is -0.0638. The van der Waals surface area contributed by atoms with Gasteiger partial charge in [-0.25, -0.2) is 0 Å². The summed E-state index contributed by atoms with van der Waals surface area (Å²) in [6.45, 7) is 4.72. The topological polar surface area (TPSA) is 3.24 Å². The van der Waals surface area contributed by atoms with Gasteiger partial charge in [0.2, 0.25) is 0 Å². The van der Waals surface area contributed by atoms with Crippen molar-refractivity contribution in [1.82, 2.24) is 0 Å². The molecule has 8 aromatic rings. The Morgan fingerprint density at radius 2 is 0.788 bits per heavy atom. The Labute approximate surface area is 307 Å². The van der Waals surface area contributed by atoms with Crippen LogP contribution in [0.4, 0.5) is 17.1 Å². The number of hydrogen-bond acceptors (Lipinski definition) is 1. The van der Waals surface area contributed by atoms with Crippen LogP contribution in [0.2, 0.25) is 0 Å². The smallest absolute Gasteiger partial charge is 0.0465 e. The van der Waals surface area contributed by atoms with E-state index in [1.165, 1.54) is 72.1 Å². The summed E-state index contributed by atoms with van der Waals surface area (Å²) in [4.78, 5) is 2.40. The maximum atomic E-state index is 2.48. The summed E-state index contributed by atoms with van der Waals surface area (Å²) in [6, 6.07) is 69.1. The summed E-state index contributed by atoms with van der Waals surface area (Å²) in [7, 11) is 0. The first-order valence-electron chi connectivity index (χ1n) is 18.5. The van der Waals surface area contributed by atoms with Crippen molar-refractivity contribution in [2.45, 2.75) is 32.1 Å². The zero-order chi connectivity index (χ0) is 35.1. The van der Waals surface area contributed by atoms with Crippen LogP contribution in [-0.2, 0) is 5.41 Å². The molecule has 8 aromatic carbocycles. The summed E-state index contributed by atoms with van der Waals surface area (Å²) in [5.74, 6) is 0. The highest BCUT2D eigenvalue weighted by molar-refractivity contribution is 5.90. The Bertz CT molecular complexity index is 2510. The number of para-hydroxylation sites is 1. The third-order valence-corrected chi connectivity index (χ3v) is 11.4. The van der Waals surface area contributed by atoms with Crippen LogP contribution < -0.4 is 4.90 Å². The number of fused-ring (bicyclic) bond motifs is 4. The Kier molecular flexibility index (Phi) is 8.05. The van der Waals surface area contributed by atoms with Crippen molar-refractivity contribution in [3.63, 3.8) is 0 Å². The summed E-state index contributed by atoms with van der Waals surface area (Å²) in [5.41, 5.74) is 16.4. The minimum absolute atomic E-state index is 0.0638. The van der Waals surface area contributed by atoms with E-state index >= 15 is 0 Å². The lowest BCUT2D eigenvalue weighted by molar-refractivity contribution is 0.490. The lowest BCUT2D eigenvalue weighted by Gasteiger charge is -2.32. The summed E-state index contributed by atoms with van der Waals surface area (Å²) >= 11 is 0. The fourth-order valence-corrected chi connectivity index (χ4v) is 8.50. The van der Waals surface area contributed by atoms with Gasteiger partial charge in [0.05, 0.1) is 0 Å². The van der Waals surface area contributed by atoms with E-state index in [1.807, 2.05) is 0 Å². The monoisotopic (exact) mass is 667 g/mol. The number of anilines is 3. The van der Waals surface area contributed by atoms with E-state index in [4.69, 9.17) is 0 Å². The first-order chi connectivity index (χ1) is 25.6.